The molecule has 1 aromatic rings. The average molecular weight is 536 g/mol. The van der Waals surface area contributed by atoms with Crippen molar-refractivity contribution < 1.29 is 51.8 Å². The molecule has 2 atom stereocenters. The number of fused-ring (bicyclic) bond motifs is 1. The number of aliphatic hydroxyl groups excluding tert-OH is 1. The van der Waals surface area contributed by atoms with Crippen LogP contribution in [-0.4, -0.2) is 34.7 Å². The minimum atomic E-state index is -0.418. The maximum absolute atomic E-state index is 12.3. The van der Waals surface area contributed by atoms with E-state index in [9.17, 15) is 14.7 Å². The van der Waals surface area contributed by atoms with E-state index in [0.29, 0.717) is 11.1 Å². The fourth-order valence-electron chi connectivity index (χ4n) is 2.69. The van der Waals surface area contributed by atoms with Crippen molar-refractivity contribution in [2.24, 2.45) is 11.3 Å². The number of benzene rings is 1. The van der Waals surface area contributed by atoms with Gasteiger partial charge in [-0.05, 0) is 36.8 Å². The summed E-state index contributed by atoms with van der Waals surface area (Å²) in [7, 11) is 0. The van der Waals surface area contributed by atoms with E-state index in [1.165, 1.54) is 0 Å². The van der Waals surface area contributed by atoms with Gasteiger partial charge in [0, 0.05) is 38.9 Å². The molecule has 0 saturated heterocycles. The zero-order chi connectivity index (χ0) is 16.5. The zero-order valence-corrected chi connectivity index (χ0v) is 18.9. The molecule has 0 aliphatic carbocycles. The van der Waals surface area contributed by atoms with E-state index in [1.54, 1.807) is 24.3 Å². The maximum Gasteiger partial charge on any atom is 0.285 e. The first-order valence-corrected chi connectivity index (χ1v) is 7.53. The molecular formula is C17H23NO4Pa. The van der Waals surface area contributed by atoms with Crippen molar-refractivity contribution in [3.63, 3.8) is 0 Å². The third-order valence-electron chi connectivity index (χ3n) is 4.31. The van der Waals surface area contributed by atoms with Crippen LogP contribution in [0.4, 0.5) is 0 Å². The first-order chi connectivity index (χ1) is 10.3. The van der Waals surface area contributed by atoms with Gasteiger partial charge in [-0.3, -0.25) is 14.4 Å². The van der Waals surface area contributed by atoms with Crippen molar-refractivity contribution in [1.82, 2.24) is 5.06 Å². The fraction of sp³-hybridized carbons (Fsp3) is 0.529. The number of imide groups is 1. The summed E-state index contributed by atoms with van der Waals surface area (Å²) in [6, 6.07) is 6.71. The second kappa shape index (κ2) is 7.96. The van der Waals surface area contributed by atoms with Crippen LogP contribution in [0.3, 0.4) is 0 Å². The van der Waals surface area contributed by atoms with Crippen LogP contribution in [0, 0.1) is 43.6 Å². The predicted octanol–water partition coefficient (Wildman–Crippen LogP) is 2.65. The summed E-state index contributed by atoms with van der Waals surface area (Å²) >= 11 is 0. The summed E-state index contributed by atoms with van der Waals surface area (Å²) in [5.41, 5.74) is 0.472. The topological polar surface area (TPSA) is 66.8 Å². The van der Waals surface area contributed by atoms with Gasteiger partial charge in [0.1, 0.15) is 0 Å². The first-order valence-electron chi connectivity index (χ1n) is 7.53. The number of carbonyl (C=O) groups is 2. The maximum atomic E-state index is 12.3. The molecule has 1 N–H and O–H groups in total. The minimum Gasteiger partial charge on any atom is -0.396 e. The number of hydroxylamine groups is 2. The molecule has 0 bridgehead atoms. The molecular weight excluding hydrogens is 513 g/mol. The van der Waals surface area contributed by atoms with E-state index >= 15 is 0 Å². The minimum absolute atomic E-state index is 0. The molecule has 1 radical (unpaired) electrons. The number of amides is 2. The smallest absolute Gasteiger partial charge is 0.285 e. The Hall–Kier alpha value is -0.629. The predicted molar refractivity (Wildman–Crippen MR) is 82.1 cm³/mol. The molecule has 0 aromatic heterocycles. The fourth-order valence-corrected chi connectivity index (χ4v) is 2.69. The van der Waals surface area contributed by atoms with Crippen molar-refractivity contribution in [3.05, 3.63) is 35.4 Å². The van der Waals surface area contributed by atoms with Gasteiger partial charge in [0.2, 0.25) is 0 Å². The Bertz CT molecular complexity index is 553. The SMILES string of the molecule is CC(CO)CC(C)(C)C(C)ON1C(=O)c2ccccc2C1=O.[Pa]. The third kappa shape index (κ3) is 4.26. The molecule has 0 fully saturated rings. The van der Waals surface area contributed by atoms with E-state index in [2.05, 4.69) is 0 Å². The van der Waals surface area contributed by atoms with E-state index in [0.717, 1.165) is 11.5 Å². The van der Waals surface area contributed by atoms with Crippen LogP contribution in [0.2, 0.25) is 0 Å². The van der Waals surface area contributed by atoms with Gasteiger partial charge in [-0.1, -0.05) is 32.9 Å². The van der Waals surface area contributed by atoms with Crippen LogP contribution >= 0.6 is 0 Å². The van der Waals surface area contributed by atoms with Gasteiger partial charge in [0.15, 0.2) is 0 Å². The van der Waals surface area contributed by atoms with Crippen molar-refractivity contribution in [2.45, 2.75) is 40.2 Å². The Morgan fingerprint density at radius 2 is 1.61 bits per heavy atom. The Morgan fingerprint density at radius 3 is 2.04 bits per heavy atom. The largest absolute Gasteiger partial charge is 0.396 e. The van der Waals surface area contributed by atoms with Gasteiger partial charge in [-0.25, -0.2) is 0 Å². The third-order valence-corrected chi connectivity index (χ3v) is 4.31. The summed E-state index contributed by atoms with van der Waals surface area (Å²) in [4.78, 5) is 30.3. The summed E-state index contributed by atoms with van der Waals surface area (Å²) in [5.74, 6) is -0.708. The zero-order valence-electron chi connectivity index (χ0n) is 14.1. The summed E-state index contributed by atoms with van der Waals surface area (Å²) in [6.07, 6.45) is 0.386. The number of nitrogens with zero attached hydrogens (tertiary/aromatic N) is 1. The molecule has 23 heavy (non-hydrogen) atoms. The number of aliphatic hydroxyl groups is 1. The van der Waals surface area contributed by atoms with Gasteiger partial charge in [0.05, 0.1) is 17.2 Å². The molecule has 0 spiro atoms. The van der Waals surface area contributed by atoms with E-state index < -0.39 is 11.8 Å². The number of hydrogen-bond donors (Lipinski definition) is 1. The molecule has 1 heterocycles. The molecule has 1 aliphatic heterocycles. The Morgan fingerprint density at radius 1 is 1.13 bits per heavy atom. The first kappa shape index (κ1) is 20.4. The van der Waals surface area contributed by atoms with Crippen molar-refractivity contribution in [3.8, 4) is 0 Å². The molecule has 5 nitrogen and oxygen atoms in total. The molecule has 123 valence electrons. The quantitative estimate of drug-likeness (QED) is 0.568. The van der Waals surface area contributed by atoms with Crippen LogP contribution in [0.5, 0.6) is 0 Å². The summed E-state index contributed by atoms with van der Waals surface area (Å²) in [6.45, 7) is 7.90. The van der Waals surface area contributed by atoms with Crippen LogP contribution in [-0.2, 0) is 4.84 Å². The molecule has 1 aromatic carbocycles. The van der Waals surface area contributed by atoms with Gasteiger partial charge in [-0.2, -0.15) is 0 Å². The Kier molecular flexibility index (Phi) is 7.07. The van der Waals surface area contributed by atoms with E-state index in [1.807, 2.05) is 27.7 Å². The molecule has 1 aliphatic rings. The van der Waals surface area contributed by atoms with Crippen molar-refractivity contribution >= 4 is 11.8 Å². The van der Waals surface area contributed by atoms with Crippen molar-refractivity contribution in [1.29, 1.82) is 0 Å². The van der Waals surface area contributed by atoms with Crippen LogP contribution < -0.4 is 0 Å². The Balaban J connectivity index is 0.00000264. The second-order valence-electron chi connectivity index (χ2n) is 6.68. The van der Waals surface area contributed by atoms with Crippen LogP contribution in [0.15, 0.2) is 24.3 Å². The number of hydrogen-bond acceptors (Lipinski definition) is 4. The van der Waals surface area contributed by atoms with Gasteiger partial charge in [-0.15, -0.1) is 5.06 Å². The van der Waals surface area contributed by atoms with Crippen LogP contribution in [0.25, 0.3) is 0 Å². The van der Waals surface area contributed by atoms with Gasteiger partial charge < -0.3 is 5.11 Å². The summed E-state index contributed by atoms with van der Waals surface area (Å²) < 4.78 is 0. The number of rotatable bonds is 6. The van der Waals surface area contributed by atoms with Crippen molar-refractivity contribution in [2.75, 3.05) is 6.61 Å². The standard InChI is InChI=1S/C17H23NO4.Pa/c1-11(10-19)9-17(3,4)12(2)22-18-15(20)13-7-5-6-8-14(13)16(18)21;/h5-8,11-12,19H,9-10H2,1-4H3;. The molecule has 6 heteroatoms. The normalized spacial score (nSPS) is 16.8. The van der Waals surface area contributed by atoms with Gasteiger partial charge >= 0.3 is 0 Å². The van der Waals surface area contributed by atoms with E-state index in [4.69, 9.17) is 4.84 Å². The van der Waals surface area contributed by atoms with E-state index in [-0.39, 0.29) is 56.4 Å². The monoisotopic (exact) mass is 536 g/mol. The molecule has 2 rings (SSSR count). The van der Waals surface area contributed by atoms with Gasteiger partial charge in [0.25, 0.3) is 11.8 Å². The molecule has 2 unspecified atom stereocenters. The second-order valence-corrected chi connectivity index (χ2v) is 6.68. The Labute approximate surface area is 161 Å². The molecule has 2 amide bonds. The summed E-state index contributed by atoms with van der Waals surface area (Å²) in [5, 5.41) is 10.1. The molecule has 0 saturated carbocycles. The average Bonchev–Trinajstić information content (AvgIpc) is 2.72. The number of carbonyl (C=O) groups excluding carboxylic acids is 2. The van der Waals surface area contributed by atoms with Crippen LogP contribution in [0.1, 0.15) is 54.8 Å².